The summed E-state index contributed by atoms with van der Waals surface area (Å²) in [6, 6.07) is 0. The van der Waals surface area contributed by atoms with E-state index in [-0.39, 0.29) is 12.4 Å². The first-order valence-electron chi connectivity index (χ1n) is 5.37. The smallest absolute Gasteiger partial charge is 0.218 e. The number of aliphatic hydroxyl groups is 4. The Hall–Kier alpha value is -0.200. The van der Waals surface area contributed by atoms with E-state index in [1.807, 2.05) is 0 Å². The van der Waals surface area contributed by atoms with Gasteiger partial charge in [-0.25, -0.2) is 8.42 Å². The quantitative estimate of drug-likeness (QED) is 0.221. The summed E-state index contributed by atoms with van der Waals surface area (Å²) < 4.78 is 35.3. The van der Waals surface area contributed by atoms with Crippen LogP contribution in [0.15, 0.2) is 11.5 Å². The highest BCUT2D eigenvalue weighted by Gasteiger charge is 2.42. The summed E-state index contributed by atoms with van der Waals surface area (Å²) in [7, 11) is -5.72. The fourth-order valence-electron chi connectivity index (χ4n) is 1.64. The highest BCUT2D eigenvalue weighted by molar-refractivity contribution is 8.00. The molecule has 1 heterocycles. The van der Waals surface area contributed by atoms with Crippen LogP contribution in [0.5, 0.6) is 0 Å². The molecule has 10 heteroatoms. The molecule has 0 radical (unpaired) electrons. The lowest BCUT2D eigenvalue weighted by atomic mass is 10.2. The Bertz CT molecular complexity index is 408. The molecule has 0 amide bonds. The highest BCUT2D eigenvalue weighted by atomic mass is 32.3. The Morgan fingerprint density at radius 3 is 2.53 bits per heavy atom. The van der Waals surface area contributed by atoms with Gasteiger partial charge in [0.05, 0.1) is 13.2 Å². The van der Waals surface area contributed by atoms with Gasteiger partial charge in [0.1, 0.15) is 29.5 Å². The van der Waals surface area contributed by atoms with Crippen molar-refractivity contribution in [1.29, 1.82) is 0 Å². The summed E-state index contributed by atoms with van der Waals surface area (Å²) in [4.78, 5) is 0. The molecular weight excluding hydrogens is 300 g/mol. The van der Waals surface area contributed by atoms with Crippen molar-refractivity contribution in [2.75, 3.05) is 19.0 Å². The van der Waals surface area contributed by atoms with Crippen molar-refractivity contribution in [2.24, 2.45) is 0 Å². The van der Waals surface area contributed by atoms with E-state index < -0.39 is 51.5 Å². The molecule has 0 aromatic rings. The van der Waals surface area contributed by atoms with E-state index in [0.29, 0.717) is 0 Å². The molecule has 0 spiro atoms. The molecule has 1 aliphatic heterocycles. The highest BCUT2D eigenvalue weighted by Crippen LogP contribution is 2.22. The molecule has 1 aliphatic rings. The lowest BCUT2D eigenvalue weighted by molar-refractivity contribution is 0.0106. The van der Waals surface area contributed by atoms with Crippen LogP contribution in [0.1, 0.15) is 0 Å². The molecule has 0 bridgehead atoms. The second-order valence-electron chi connectivity index (χ2n) is 3.97. The van der Waals surface area contributed by atoms with Crippen molar-refractivity contribution >= 4 is 21.3 Å². The monoisotopic (exact) mass is 316 g/mol. The molecule has 0 fully saturated rings. The maximum atomic E-state index is 10.4. The van der Waals surface area contributed by atoms with Gasteiger partial charge in [-0.15, -0.1) is 0 Å². The molecule has 8 nitrogen and oxygen atoms in total. The molecule has 0 aromatic carbocycles. The molecule has 0 saturated heterocycles. The third kappa shape index (κ3) is 5.00. The van der Waals surface area contributed by atoms with Crippen molar-refractivity contribution in [3.05, 3.63) is 11.5 Å². The van der Waals surface area contributed by atoms with Gasteiger partial charge >= 0.3 is 0 Å². The van der Waals surface area contributed by atoms with E-state index in [1.165, 1.54) is 6.08 Å². The third-order valence-corrected chi connectivity index (χ3v) is 5.54. The fourth-order valence-corrected chi connectivity index (χ4v) is 4.30. The topological polar surface area (TPSA) is 147 Å². The van der Waals surface area contributed by atoms with Crippen LogP contribution >= 0.6 is 0 Å². The maximum Gasteiger partial charge on any atom is 0.218 e. The summed E-state index contributed by atoms with van der Waals surface area (Å²) in [5, 5.41) is 38.4. The molecule has 1 unspecified atom stereocenters. The zero-order valence-corrected chi connectivity index (χ0v) is 11.5. The normalized spacial score (nSPS) is 30.5. The minimum Gasteiger partial charge on any atom is -0.726 e. The first kappa shape index (κ1) is 16.9. The predicted molar refractivity (Wildman–Crippen MR) is 65.9 cm³/mol. The molecule has 5 atom stereocenters. The van der Waals surface area contributed by atoms with E-state index in [1.54, 1.807) is 5.41 Å². The van der Waals surface area contributed by atoms with E-state index in [2.05, 4.69) is 4.18 Å². The largest absolute Gasteiger partial charge is 0.726 e. The van der Waals surface area contributed by atoms with Crippen molar-refractivity contribution in [2.45, 2.75) is 23.6 Å². The molecule has 1 rings (SSSR count). The van der Waals surface area contributed by atoms with Gasteiger partial charge in [0.2, 0.25) is 10.4 Å². The van der Waals surface area contributed by atoms with Crippen LogP contribution in [0.2, 0.25) is 0 Å². The van der Waals surface area contributed by atoms with Crippen LogP contribution < -0.4 is 0 Å². The van der Waals surface area contributed by atoms with E-state index in [0.717, 1.165) is 0 Å². The molecule has 0 aliphatic carbocycles. The second-order valence-corrected chi connectivity index (χ2v) is 7.13. The summed E-state index contributed by atoms with van der Waals surface area (Å²) in [5.74, 6) is -0.0282. The van der Waals surface area contributed by atoms with Crippen LogP contribution in [-0.2, 0) is 25.5 Å². The Labute approximate surface area is 113 Å². The third-order valence-electron chi connectivity index (χ3n) is 2.61. The molecule has 4 N–H and O–H groups in total. The van der Waals surface area contributed by atoms with Crippen molar-refractivity contribution in [3.8, 4) is 0 Å². The van der Waals surface area contributed by atoms with Crippen LogP contribution in [0, 0.1) is 0 Å². The van der Waals surface area contributed by atoms with Crippen LogP contribution in [0.3, 0.4) is 0 Å². The number of rotatable bonds is 7. The molecule has 112 valence electrons. The molecule has 0 aromatic heterocycles. The van der Waals surface area contributed by atoms with Gasteiger partial charge in [-0.2, -0.15) is 0 Å². The Kier molecular flexibility index (Phi) is 6.20. The van der Waals surface area contributed by atoms with Crippen LogP contribution in [0.25, 0.3) is 0 Å². The Morgan fingerprint density at radius 1 is 1.42 bits per heavy atom. The van der Waals surface area contributed by atoms with E-state index >= 15 is 0 Å². The van der Waals surface area contributed by atoms with Crippen molar-refractivity contribution < 1.29 is 37.6 Å². The SMILES string of the molecule is O=S(=O)([O-])O[C@@H](CO)[C@H](O)C[S+]1C=C[C@H](O)[C@H]1CO. The lowest BCUT2D eigenvalue weighted by Gasteiger charge is -2.22. The summed E-state index contributed by atoms with van der Waals surface area (Å²) in [6.07, 6.45) is -2.32. The fraction of sp³-hybridized carbons (Fsp3) is 0.778. The summed E-state index contributed by atoms with van der Waals surface area (Å²) >= 11 is 0. The van der Waals surface area contributed by atoms with Gasteiger partial charge in [0.25, 0.3) is 0 Å². The van der Waals surface area contributed by atoms with Gasteiger partial charge in [0, 0.05) is 10.9 Å². The maximum absolute atomic E-state index is 10.4. The average Bonchev–Trinajstić information content (AvgIpc) is 2.65. The zero-order valence-electron chi connectivity index (χ0n) is 9.82. The summed E-state index contributed by atoms with van der Waals surface area (Å²) in [6.45, 7) is -1.13. The van der Waals surface area contributed by atoms with Crippen LogP contribution in [0.4, 0.5) is 0 Å². The number of hydrogen-bond acceptors (Lipinski definition) is 8. The van der Waals surface area contributed by atoms with Gasteiger partial charge in [-0.1, -0.05) is 0 Å². The molecular formula is C9H16O8S2. The molecule has 19 heavy (non-hydrogen) atoms. The number of aliphatic hydroxyl groups excluding tert-OH is 4. The van der Waals surface area contributed by atoms with Gasteiger partial charge in [0.15, 0.2) is 5.25 Å². The van der Waals surface area contributed by atoms with Crippen LogP contribution in [-0.4, -0.2) is 75.9 Å². The Balaban J connectivity index is 2.62. The van der Waals surface area contributed by atoms with E-state index in [4.69, 9.17) is 10.2 Å². The standard InChI is InChI=1S/C9H16O8S2/c10-3-8(17-19(14,15)16)7(13)5-18-2-1-6(12)9(18)4-11/h1-2,6-13H,3-5H2/t6-,7+,8-,9+,18?/m0/s1. The second kappa shape index (κ2) is 6.99. The van der Waals surface area contributed by atoms with Gasteiger partial charge < -0.3 is 25.0 Å². The average molecular weight is 316 g/mol. The summed E-state index contributed by atoms with van der Waals surface area (Å²) in [5.41, 5.74) is 0. The van der Waals surface area contributed by atoms with Crippen molar-refractivity contribution in [3.63, 3.8) is 0 Å². The van der Waals surface area contributed by atoms with Crippen molar-refractivity contribution in [1.82, 2.24) is 0 Å². The number of hydrogen-bond donors (Lipinski definition) is 4. The van der Waals surface area contributed by atoms with Gasteiger partial charge in [-0.05, 0) is 6.08 Å². The molecule has 0 saturated carbocycles. The van der Waals surface area contributed by atoms with Gasteiger partial charge in [-0.3, -0.25) is 4.18 Å². The Morgan fingerprint density at radius 2 is 2.05 bits per heavy atom. The minimum absolute atomic E-state index is 0.0282. The first-order chi connectivity index (χ1) is 8.78. The lowest BCUT2D eigenvalue weighted by Crippen LogP contribution is -2.42. The first-order valence-corrected chi connectivity index (χ1v) is 8.22. The predicted octanol–water partition coefficient (Wildman–Crippen LogP) is -2.95. The van der Waals surface area contributed by atoms with E-state index in [9.17, 15) is 23.2 Å². The minimum atomic E-state index is -5.03. The zero-order chi connectivity index (χ0) is 14.6.